The first-order valence-electron chi connectivity index (χ1n) is 7.45. The molecule has 1 N–H and O–H groups in total. The number of para-hydroxylation sites is 1. The minimum absolute atomic E-state index is 0.0398. The molecule has 25 heavy (non-hydrogen) atoms. The molecule has 0 bridgehead atoms. The fourth-order valence-electron chi connectivity index (χ4n) is 2.36. The van der Waals surface area contributed by atoms with Crippen LogP contribution in [0.4, 0.5) is 10.1 Å². The fraction of sp³-hybridized carbons (Fsp3) is 0.111. The van der Waals surface area contributed by atoms with Crippen LogP contribution in [0.1, 0.15) is 10.4 Å². The maximum absolute atomic E-state index is 14.3. The van der Waals surface area contributed by atoms with E-state index in [1.165, 1.54) is 25.0 Å². The zero-order valence-electron chi connectivity index (χ0n) is 13.7. The number of amides is 1. The van der Waals surface area contributed by atoms with Gasteiger partial charge in [-0.05, 0) is 30.3 Å². The van der Waals surface area contributed by atoms with Gasteiger partial charge in [0.2, 0.25) is 0 Å². The Morgan fingerprint density at radius 3 is 2.44 bits per heavy atom. The number of anilines is 1. The van der Waals surface area contributed by atoms with Crippen LogP contribution < -0.4 is 14.8 Å². The second-order valence-corrected chi connectivity index (χ2v) is 5.14. The molecule has 0 aliphatic carbocycles. The van der Waals surface area contributed by atoms with Crippen LogP contribution in [0.5, 0.6) is 11.5 Å². The molecule has 0 unspecified atom stereocenters. The fourth-order valence-corrected chi connectivity index (χ4v) is 2.36. The van der Waals surface area contributed by atoms with Crippen LogP contribution in [0.25, 0.3) is 5.69 Å². The number of hydrogen-bond donors (Lipinski definition) is 1. The second-order valence-electron chi connectivity index (χ2n) is 5.14. The van der Waals surface area contributed by atoms with Crippen molar-refractivity contribution in [3.63, 3.8) is 0 Å². The molecule has 128 valence electrons. The van der Waals surface area contributed by atoms with Gasteiger partial charge < -0.3 is 14.8 Å². The molecule has 0 aliphatic rings. The van der Waals surface area contributed by atoms with E-state index in [9.17, 15) is 9.18 Å². The van der Waals surface area contributed by atoms with Gasteiger partial charge in [0.25, 0.3) is 5.91 Å². The van der Waals surface area contributed by atoms with Crippen LogP contribution in [0, 0.1) is 5.82 Å². The molecule has 0 spiro atoms. The van der Waals surface area contributed by atoms with Crippen molar-refractivity contribution in [3.8, 4) is 17.2 Å². The number of benzene rings is 2. The van der Waals surface area contributed by atoms with Gasteiger partial charge in [-0.1, -0.05) is 6.07 Å². The number of aromatic nitrogens is 2. The molecule has 2 aromatic carbocycles. The molecule has 6 nitrogen and oxygen atoms in total. The minimum atomic E-state index is -0.559. The molecule has 0 saturated heterocycles. The third kappa shape index (κ3) is 3.45. The number of carbonyl (C=O) groups is 1. The van der Waals surface area contributed by atoms with Gasteiger partial charge in [0.1, 0.15) is 23.0 Å². The lowest BCUT2D eigenvalue weighted by Crippen LogP contribution is -2.15. The number of nitrogens with one attached hydrogen (secondary N) is 1. The first kappa shape index (κ1) is 16.5. The molecular weight excluding hydrogens is 325 g/mol. The second kappa shape index (κ2) is 7.04. The Kier molecular flexibility index (Phi) is 4.65. The van der Waals surface area contributed by atoms with E-state index in [4.69, 9.17) is 9.47 Å². The van der Waals surface area contributed by atoms with Crippen LogP contribution in [0.2, 0.25) is 0 Å². The largest absolute Gasteiger partial charge is 0.497 e. The van der Waals surface area contributed by atoms with E-state index >= 15 is 0 Å². The van der Waals surface area contributed by atoms with Gasteiger partial charge in [0.15, 0.2) is 0 Å². The molecule has 0 radical (unpaired) electrons. The molecule has 1 heterocycles. The highest BCUT2D eigenvalue weighted by Crippen LogP contribution is 2.26. The van der Waals surface area contributed by atoms with Crippen molar-refractivity contribution in [2.24, 2.45) is 0 Å². The van der Waals surface area contributed by atoms with Gasteiger partial charge in [-0.25, -0.2) is 9.07 Å². The molecule has 3 aromatic rings. The molecular formula is C18H16FN3O3. The standard InChI is InChI=1S/C18H16FN3O3/c1-24-13-9-12(10-14(11-13)25-2)18(23)21-17-15(19)5-3-6-16(17)22-8-4-7-20-22/h3-11H,1-2H3,(H,21,23). The number of ether oxygens (including phenoxy) is 2. The highest BCUT2D eigenvalue weighted by molar-refractivity contribution is 6.05. The molecule has 1 amide bonds. The quantitative estimate of drug-likeness (QED) is 0.773. The Hall–Kier alpha value is -3.35. The summed E-state index contributed by atoms with van der Waals surface area (Å²) < 4.78 is 26.1. The van der Waals surface area contributed by atoms with E-state index in [0.717, 1.165) is 0 Å². The summed E-state index contributed by atoms with van der Waals surface area (Å²) >= 11 is 0. The van der Waals surface area contributed by atoms with Gasteiger partial charge in [-0.3, -0.25) is 4.79 Å². The predicted octanol–water partition coefficient (Wildman–Crippen LogP) is 3.28. The SMILES string of the molecule is COc1cc(OC)cc(C(=O)Nc2c(F)cccc2-n2cccn2)c1. The van der Waals surface area contributed by atoms with Crippen molar-refractivity contribution in [1.29, 1.82) is 0 Å². The van der Waals surface area contributed by atoms with Crippen molar-refractivity contribution < 1.29 is 18.7 Å². The maximum atomic E-state index is 14.3. The van der Waals surface area contributed by atoms with Crippen LogP contribution in [-0.4, -0.2) is 29.9 Å². The summed E-state index contributed by atoms with van der Waals surface area (Å²) in [6.07, 6.45) is 3.24. The highest BCUT2D eigenvalue weighted by atomic mass is 19.1. The first-order valence-corrected chi connectivity index (χ1v) is 7.45. The number of hydrogen-bond acceptors (Lipinski definition) is 4. The Morgan fingerprint density at radius 2 is 1.84 bits per heavy atom. The summed E-state index contributed by atoms with van der Waals surface area (Å²) in [6, 6.07) is 10.9. The van der Waals surface area contributed by atoms with Crippen LogP contribution >= 0.6 is 0 Å². The van der Waals surface area contributed by atoms with E-state index in [2.05, 4.69) is 10.4 Å². The van der Waals surface area contributed by atoms with E-state index in [-0.39, 0.29) is 11.3 Å². The van der Waals surface area contributed by atoms with Gasteiger partial charge in [-0.2, -0.15) is 5.10 Å². The van der Waals surface area contributed by atoms with E-state index in [0.29, 0.717) is 17.2 Å². The molecule has 7 heteroatoms. The predicted molar refractivity (Wildman–Crippen MR) is 91.0 cm³/mol. The number of carbonyl (C=O) groups excluding carboxylic acids is 1. The molecule has 0 atom stereocenters. The Bertz CT molecular complexity index is 872. The maximum Gasteiger partial charge on any atom is 0.256 e. The number of methoxy groups -OCH3 is 2. The normalized spacial score (nSPS) is 10.4. The lowest BCUT2D eigenvalue weighted by molar-refractivity contribution is 0.102. The highest BCUT2D eigenvalue weighted by Gasteiger charge is 2.16. The summed E-state index contributed by atoms with van der Waals surface area (Å²) in [5.74, 6) is -0.123. The lowest BCUT2D eigenvalue weighted by atomic mass is 10.1. The van der Waals surface area contributed by atoms with Gasteiger partial charge in [-0.15, -0.1) is 0 Å². The van der Waals surface area contributed by atoms with Gasteiger partial charge in [0, 0.05) is 24.0 Å². The first-order chi connectivity index (χ1) is 12.1. The minimum Gasteiger partial charge on any atom is -0.497 e. The average molecular weight is 341 g/mol. The molecule has 0 aliphatic heterocycles. The summed E-state index contributed by atoms with van der Waals surface area (Å²) in [5.41, 5.74) is 0.747. The van der Waals surface area contributed by atoms with Crippen molar-refractivity contribution in [3.05, 3.63) is 66.2 Å². The molecule has 1 aromatic heterocycles. The Labute approximate surface area is 143 Å². The number of rotatable bonds is 5. The molecule has 3 rings (SSSR count). The number of halogens is 1. The van der Waals surface area contributed by atoms with E-state index in [1.807, 2.05) is 0 Å². The number of nitrogens with zero attached hydrogens (tertiary/aromatic N) is 2. The zero-order valence-corrected chi connectivity index (χ0v) is 13.7. The van der Waals surface area contributed by atoms with Gasteiger partial charge >= 0.3 is 0 Å². The topological polar surface area (TPSA) is 65.4 Å². The average Bonchev–Trinajstić information content (AvgIpc) is 3.17. The van der Waals surface area contributed by atoms with Gasteiger partial charge in [0.05, 0.1) is 19.9 Å². The molecule has 0 fully saturated rings. The summed E-state index contributed by atoms with van der Waals surface area (Å²) in [5, 5.41) is 6.68. The Morgan fingerprint density at radius 1 is 1.12 bits per heavy atom. The lowest BCUT2D eigenvalue weighted by Gasteiger charge is -2.13. The Balaban J connectivity index is 1.97. The third-order valence-corrected chi connectivity index (χ3v) is 3.60. The van der Waals surface area contributed by atoms with Crippen molar-refractivity contribution in [1.82, 2.24) is 9.78 Å². The van der Waals surface area contributed by atoms with Crippen molar-refractivity contribution in [2.75, 3.05) is 19.5 Å². The van der Waals surface area contributed by atoms with Crippen LogP contribution in [0.3, 0.4) is 0 Å². The zero-order chi connectivity index (χ0) is 17.8. The summed E-state index contributed by atoms with van der Waals surface area (Å²) in [4.78, 5) is 12.6. The van der Waals surface area contributed by atoms with E-state index < -0.39 is 11.7 Å². The monoisotopic (exact) mass is 341 g/mol. The van der Waals surface area contributed by atoms with Crippen molar-refractivity contribution in [2.45, 2.75) is 0 Å². The summed E-state index contributed by atoms with van der Waals surface area (Å²) in [7, 11) is 2.98. The smallest absolute Gasteiger partial charge is 0.256 e. The van der Waals surface area contributed by atoms with E-state index in [1.54, 1.807) is 48.8 Å². The molecule has 0 saturated carbocycles. The van der Waals surface area contributed by atoms with Crippen molar-refractivity contribution >= 4 is 11.6 Å². The third-order valence-electron chi connectivity index (χ3n) is 3.60. The van der Waals surface area contributed by atoms with Crippen LogP contribution in [-0.2, 0) is 0 Å². The van der Waals surface area contributed by atoms with Crippen LogP contribution in [0.15, 0.2) is 54.9 Å². The summed E-state index contributed by atoms with van der Waals surface area (Å²) in [6.45, 7) is 0.